The van der Waals surface area contributed by atoms with Crippen LogP contribution in [0.2, 0.25) is 0 Å². The van der Waals surface area contributed by atoms with Crippen LogP contribution in [0.4, 0.5) is 0 Å². The molecule has 3 N–H and O–H groups in total. The van der Waals surface area contributed by atoms with E-state index in [0.29, 0.717) is 25.8 Å². The molecule has 1 spiro atoms. The number of nitrogens with zero attached hydrogens (tertiary/aromatic N) is 1. The lowest BCUT2D eigenvalue weighted by atomic mass is 9.66. The first-order chi connectivity index (χ1) is 17.2. The summed E-state index contributed by atoms with van der Waals surface area (Å²) in [6, 6.07) is 8.08. The van der Waals surface area contributed by atoms with Crippen molar-refractivity contribution in [2.24, 2.45) is 11.8 Å². The van der Waals surface area contributed by atoms with E-state index in [2.05, 4.69) is 17.6 Å². The summed E-state index contributed by atoms with van der Waals surface area (Å²) in [7, 11) is 0. The van der Waals surface area contributed by atoms with Crippen LogP contribution in [0, 0.1) is 11.8 Å². The van der Waals surface area contributed by atoms with Gasteiger partial charge in [0.2, 0.25) is 17.7 Å². The number of benzene rings is 1. The Morgan fingerprint density at radius 2 is 1.89 bits per heavy atom. The van der Waals surface area contributed by atoms with E-state index in [1.807, 2.05) is 51.1 Å². The molecule has 1 aromatic rings. The zero-order chi connectivity index (χ0) is 26.1. The Morgan fingerprint density at radius 3 is 2.53 bits per heavy atom. The Balaban J connectivity index is 1.74. The highest BCUT2D eigenvalue weighted by atomic mass is 16.5. The molecule has 3 aliphatic heterocycles. The molecule has 3 heterocycles. The smallest absolute Gasteiger partial charge is 0.246 e. The molecule has 0 saturated carbocycles. The number of carbonyl (C=O) groups excluding carboxylic acids is 3. The normalized spacial score (nSPS) is 32.3. The summed E-state index contributed by atoms with van der Waals surface area (Å²) >= 11 is 0. The molecule has 0 aromatic heterocycles. The number of hydrogen-bond donors (Lipinski definition) is 3. The molecule has 3 saturated heterocycles. The molecular formula is C28H41N3O5. The van der Waals surface area contributed by atoms with E-state index in [0.717, 1.165) is 24.8 Å². The SMILES string of the molecule is CCCNC(=O)[C@@H]1[C@H]2C(=O)N([C@@H](CO)Cc3ccccc3)C(C(=O)NC(C)CCC)C23CC[C@@]1(C)O3. The molecule has 4 rings (SSSR count). The number of hydrogen-bond acceptors (Lipinski definition) is 5. The highest BCUT2D eigenvalue weighted by molar-refractivity contribution is 5.99. The average Bonchev–Trinajstić information content (AvgIpc) is 3.42. The fourth-order valence-electron chi connectivity index (χ4n) is 6.78. The Kier molecular flexibility index (Phi) is 7.76. The first kappa shape index (κ1) is 26.6. The molecule has 3 unspecified atom stereocenters. The monoisotopic (exact) mass is 499 g/mol. The van der Waals surface area contributed by atoms with Crippen LogP contribution < -0.4 is 10.6 Å². The quantitative estimate of drug-likeness (QED) is 0.433. The van der Waals surface area contributed by atoms with Crippen molar-refractivity contribution in [1.82, 2.24) is 15.5 Å². The number of fused-ring (bicyclic) bond motifs is 1. The van der Waals surface area contributed by atoms with Gasteiger partial charge in [0.15, 0.2) is 0 Å². The highest BCUT2D eigenvalue weighted by Gasteiger charge is 2.78. The number of aliphatic hydroxyl groups is 1. The van der Waals surface area contributed by atoms with Gasteiger partial charge in [-0.2, -0.15) is 0 Å². The molecule has 2 bridgehead atoms. The molecule has 0 radical (unpaired) electrons. The lowest BCUT2D eigenvalue weighted by Crippen LogP contribution is -2.59. The minimum absolute atomic E-state index is 0.0607. The summed E-state index contributed by atoms with van der Waals surface area (Å²) < 4.78 is 6.64. The summed E-state index contributed by atoms with van der Waals surface area (Å²) in [6.45, 7) is 8.13. The molecule has 3 amide bonds. The van der Waals surface area contributed by atoms with Crippen LogP contribution in [0.15, 0.2) is 30.3 Å². The van der Waals surface area contributed by atoms with Crippen LogP contribution in [0.3, 0.4) is 0 Å². The number of carbonyl (C=O) groups is 3. The van der Waals surface area contributed by atoms with Crippen molar-refractivity contribution in [3.63, 3.8) is 0 Å². The van der Waals surface area contributed by atoms with Crippen LogP contribution in [0.25, 0.3) is 0 Å². The molecule has 198 valence electrons. The topological polar surface area (TPSA) is 108 Å². The van der Waals surface area contributed by atoms with E-state index in [9.17, 15) is 19.5 Å². The molecule has 8 nitrogen and oxygen atoms in total. The number of rotatable bonds is 11. The maximum Gasteiger partial charge on any atom is 0.246 e. The van der Waals surface area contributed by atoms with Crippen LogP contribution in [-0.2, 0) is 25.5 Å². The Bertz CT molecular complexity index is 971. The summed E-state index contributed by atoms with van der Waals surface area (Å²) in [5.41, 5.74) is -0.918. The second-order valence-electron chi connectivity index (χ2n) is 11.0. The number of aliphatic hydroxyl groups excluding tert-OH is 1. The lowest BCUT2D eigenvalue weighted by Gasteiger charge is -2.37. The standard InChI is InChI=1S/C28H41N3O5/c1-5-10-18(3)30-25(34)23-28-14-13-27(4,36-28)21(24(33)29-15-6-2)22(28)26(35)31(23)20(17-32)16-19-11-8-7-9-12-19/h7-9,11-12,18,20-23,32H,5-6,10,13-17H2,1-4H3,(H,29,33)(H,30,34)/t18?,20-,21+,22+,23?,27-,28?/m1/s1. The van der Waals surface area contributed by atoms with E-state index < -0.39 is 35.1 Å². The van der Waals surface area contributed by atoms with E-state index in [1.54, 1.807) is 4.90 Å². The Morgan fingerprint density at radius 1 is 1.17 bits per heavy atom. The fraction of sp³-hybridized carbons (Fsp3) is 0.679. The van der Waals surface area contributed by atoms with Crippen molar-refractivity contribution >= 4 is 17.7 Å². The third kappa shape index (κ3) is 4.43. The minimum Gasteiger partial charge on any atom is -0.394 e. The van der Waals surface area contributed by atoms with E-state index in [1.165, 1.54) is 0 Å². The third-order valence-corrected chi connectivity index (χ3v) is 8.32. The van der Waals surface area contributed by atoms with Crippen LogP contribution in [0.5, 0.6) is 0 Å². The molecule has 3 aliphatic rings. The summed E-state index contributed by atoms with van der Waals surface area (Å²) in [5, 5.41) is 16.5. The maximum absolute atomic E-state index is 14.2. The van der Waals surface area contributed by atoms with Gasteiger partial charge in [0, 0.05) is 12.6 Å². The predicted molar refractivity (Wildman–Crippen MR) is 136 cm³/mol. The lowest BCUT2D eigenvalue weighted by molar-refractivity contribution is -0.149. The number of ether oxygens (including phenoxy) is 1. The zero-order valence-electron chi connectivity index (χ0n) is 22.0. The Hall–Kier alpha value is -2.45. The van der Waals surface area contributed by atoms with E-state index in [4.69, 9.17) is 4.74 Å². The van der Waals surface area contributed by atoms with Crippen molar-refractivity contribution in [2.75, 3.05) is 13.2 Å². The van der Waals surface area contributed by atoms with Gasteiger partial charge in [-0.1, -0.05) is 50.6 Å². The largest absolute Gasteiger partial charge is 0.394 e. The van der Waals surface area contributed by atoms with Crippen molar-refractivity contribution in [3.05, 3.63) is 35.9 Å². The summed E-state index contributed by atoms with van der Waals surface area (Å²) in [6.07, 6.45) is 4.06. The van der Waals surface area contributed by atoms with Gasteiger partial charge in [-0.15, -0.1) is 0 Å². The molecule has 36 heavy (non-hydrogen) atoms. The highest BCUT2D eigenvalue weighted by Crippen LogP contribution is 2.63. The molecular weight excluding hydrogens is 458 g/mol. The van der Waals surface area contributed by atoms with E-state index >= 15 is 0 Å². The average molecular weight is 500 g/mol. The number of likely N-dealkylation sites (tertiary alicyclic amines) is 1. The second kappa shape index (κ2) is 10.5. The van der Waals surface area contributed by atoms with Crippen molar-refractivity contribution in [2.45, 2.75) is 95.5 Å². The number of nitrogens with one attached hydrogen (secondary N) is 2. The van der Waals surface area contributed by atoms with Gasteiger partial charge in [-0.3, -0.25) is 14.4 Å². The van der Waals surface area contributed by atoms with Crippen molar-refractivity contribution in [1.29, 1.82) is 0 Å². The first-order valence-electron chi connectivity index (χ1n) is 13.5. The van der Waals surface area contributed by atoms with Crippen LogP contribution in [-0.4, -0.2) is 70.2 Å². The van der Waals surface area contributed by atoms with Crippen LogP contribution >= 0.6 is 0 Å². The molecule has 0 aliphatic carbocycles. The fourth-order valence-corrected chi connectivity index (χ4v) is 6.78. The zero-order valence-corrected chi connectivity index (χ0v) is 22.0. The van der Waals surface area contributed by atoms with Gasteiger partial charge in [-0.25, -0.2) is 0 Å². The molecule has 3 fully saturated rings. The Labute approximate surface area is 214 Å². The summed E-state index contributed by atoms with van der Waals surface area (Å²) in [4.78, 5) is 43.0. The predicted octanol–water partition coefficient (Wildman–Crippen LogP) is 2.19. The van der Waals surface area contributed by atoms with Gasteiger partial charge in [0.05, 0.1) is 30.1 Å². The first-order valence-corrected chi connectivity index (χ1v) is 13.5. The van der Waals surface area contributed by atoms with Gasteiger partial charge in [0.25, 0.3) is 0 Å². The third-order valence-electron chi connectivity index (χ3n) is 8.32. The van der Waals surface area contributed by atoms with Gasteiger partial charge < -0.3 is 25.4 Å². The summed E-state index contributed by atoms with van der Waals surface area (Å²) in [5.74, 6) is -2.15. The molecule has 8 heteroatoms. The molecule has 7 atom stereocenters. The maximum atomic E-state index is 14.2. The number of amides is 3. The van der Waals surface area contributed by atoms with Gasteiger partial charge in [0.1, 0.15) is 11.6 Å². The van der Waals surface area contributed by atoms with Crippen LogP contribution in [0.1, 0.15) is 65.4 Å². The van der Waals surface area contributed by atoms with Gasteiger partial charge >= 0.3 is 0 Å². The van der Waals surface area contributed by atoms with Crippen molar-refractivity contribution < 1.29 is 24.2 Å². The minimum atomic E-state index is -1.08. The van der Waals surface area contributed by atoms with Crippen molar-refractivity contribution in [3.8, 4) is 0 Å². The van der Waals surface area contributed by atoms with Gasteiger partial charge in [-0.05, 0) is 51.5 Å². The molecule has 1 aromatic carbocycles. The second-order valence-corrected chi connectivity index (χ2v) is 11.0. The van der Waals surface area contributed by atoms with E-state index in [-0.39, 0.29) is 30.4 Å².